The molecule has 2 rings (SSSR count). The van der Waals surface area contributed by atoms with Crippen molar-refractivity contribution in [2.45, 2.75) is 39.7 Å². The van der Waals surface area contributed by atoms with Gasteiger partial charge in [0.2, 0.25) is 0 Å². The fourth-order valence-corrected chi connectivity index (χ4v) is 2.76. The van der Waals surface area contributed by atoms with Gasteiger partial charge >= 0.3 is 5.97 Å². The molecule has 1 N–H and O–H groups in total. The number of hydrogen-bond donors (Lipinski definition) is 1. The second-order valence-electron chi connectivity index (χ2n) is 5.00. The Kier molecular flexibility index (Phi) is 3.75. The Bertz CT molecular complexity index is 616. The molecule has 0 spiro atoms. The molecule has 102 valence electrons. The first-order valence-corrected chi connectivity index (χ1v) is 7.04. The SMILES string of the molecule is CC(C)Oc1cc(C(=O)O)cc2sc(C(C)C)nc12. The van der Waals surface area contributed by atoms with E-state index in [1.807, 2.05) is 13.8 Å². The summed E-state index contributed by atoms with van der Waals surface area (Å²) < 4.78 is 6.55. The summed E-state index contributed by atoms with van der Waals surface area (Å²) in [7, 11) is 0. The number of carbonyl (C=O) groups is 1. The smallest absolute Gasteiger partial charge is 0.335 e. The molecule has 0 unspecified atom stereocenters. The molecule has 0 aliphatic rings. The Labute approximate surface area is 116 Å². The Hall–Kier alpha value is -1.62. The third-order valence-corrected chi connectivity index (χ3v) is 3.88. The van der Waals surface area contributed by atoms with Crippen molar-refractivity contribution >= 4 is 27.5 Å². The van der Waals surface area contributed by atoms with Crippen LogP contribution in [-0.4, -0.2) is 22.2 Å². The van der Waals surface area contributed by atoms with Crippen molar-refractivity contribution in [3.8, 4) is 5.75 Å². The van der Waals surface area contributed by atoms with Crippen molar-refractivity contribution in [2.75, 3.05) is 0 Å². The van der Waals surface area contributed by atoms with Crippen LogP contribution < -0.4 is 4.74 Å². The quantitative estimate of drug-likeness (QED) is 0.922. The van der Waals surface area contributed by atoms with Crippen molar-refractivity contribution in [3.63, 3.8) is 0 Å². The largest absolute Gasteiger partial charge is 0.489 e. The zero-order valence-corrected chi connectivity index (χ0v) is 12.2. The Balaban J connectivity index is 2.63. The van der Waals surface area contributed by atoms with Crippen molar-refractivity contribution in [3.05, 3.63) is 22.7 Å². The lowest BCUT2D eigenvalue weighted by Gasteiger charge is -2.10. The van der Waals surface area contributed by atoms with Gasteiger partial charge in [-0.05, 0) is 26.0 Å². The summed E-state index contributed by atoms with van der Waals surface area (Å²) in [6.07, 6.45) is -0.0172. The standard InChI is InChI=1S/C14H17NO3S/c1-7(2)13-15-12-10(18-8(3)4)5-9(14(16)17)6-11(12)19-13/h5-8H,1-4H3,(H,16,17). The van der Waals surface area contributed by atoms with E-state index in [1.54, 1.807) is 12.1 Å². The molecule has 2 aromatic rings. The second-order valence-corrected chi connectivity index (χ2v) is 6.06. The monoisotopic (exact) mass is 279 g/mol. The molecule has 1 heterocycles. The van der Waals surface area contributed by atoms with Crippen LogP contribution in [0.5, 0.6) is 5.75 Å². The minimum atomic E-state index is -0.949. The van der Waals surface area contributed by atoms with Gasteiger partial charge in [-0.15, -0.1) is 11.3 Å². The van der Waals surface area contributed by atoms with E-state index < -0.39 is 5.97 Å². The van der Waals surface area contributed by atoms with Gasteiger partial charge in [0.1, 0.15) is 11.3 Å². The number of thiazole rings is 1. The maximum absolute atomic E-state index is 11.2. The molecule has 0 saturated heterocycles. The maximum atomic E-state index is 11.2. The van der Waals surface area contributed by atoms with E-state index in [4.69, 9.17) is 9.84 Å². The van der Waals surface area contributed by atoms with Gasteiger partial charge in [0.15, 0.2) is 0 Å². The first-order valence-electron chi connectivity index (χ1n) is 6.23. The van der Waals surface area contributed by atoms with E-state index in [9.17, 15) is 4.79 Å². The van der Waals surface area contributed by atoms with E-state index in [0.717, 1.165) is 15.2 Å². The number of carboxylic acid groups (broad SMARTS) is 1. The van der Waals surface area contributed by atoms with Gasteiger partial charge in [-0.25, -0.2) is 9.78 Å². The third-order valence-electron chi connectivity index (χ3n) is 2.58. The van der Waals surface area contributed by atoms with E-state index in [2.05, 4.69) is 18.8 Å². The van der Waals surface area contributed by atoms with Crippen LogP contribution in [0.1, 0.15) is 49.0 Å². The van der Waals surface area contributed by atoms with Gasteiger partial charge < -0.3 is 9.84 Å². The van der Waals surface area contributed by atoms with Gasteiger partial charge in [-0.2, -0.15) is 0 Å². The van der Waals surface area contributed by atoms with Gasteiger partial charge in [-0.1, -0.05) is 13.8 Å². The molecular formula is C14H17NO3S. The molecule has 0 saturated carbocycles. The molecule has 0 aliphatic carbocycles. The van der Waals surface area contributed by atoms with Crippen molar-refractivity contribution in [2.24, 2.45) is 0 Å². The highest BCUT2D eigenvalue weighted by molar-refractivity contribution is 7.18. The summed E-state index contributed by atoms with van der Waals surface area (Å²) in [6.45, 7) is 7.96. The van der Waals surface area contributed by atoms with Crippen LogP contribution in [0.25, 0.3) is 10.2 Å². The molecule has 0 fully saturated rings. The molecular weight excluding hydrogens is 262 g/mol. The predicted molar refractivity (Wildman–Crippen MR) is 76.4 cm³/mol. The summed E-state index contributed by atoms with van der Waals surface area (Å²) in [4.78, 5) is 15.7. The lowest BCUT2D eigenvalue weighted by Crippen LogP contribution is -2.07. The highest BCUT2D eigenvalue weighted by Crippen LogP contribution is 2.34. The minimum absolute atomic E-state index is 0.0172. The average Bonchev–Trinajstić information content (AvgIpc) is 2.72. The number of ether oxygens (including phenoxy) is 1. The zero-order valence-electron chi connectivity index (χ0n) is 11.4. The zero-order chi connectivity index (χ0) is 14.2. The Morgan fingerprint density at radius 3 is 2.53 bits per heavy atom. The number of hydrogen-bond acceptors (Lipinski definition) is 4. The molecule has 0 atom stereocenters. The molecule has 0 bridgehead atoms. The fraction of sp³-hybridized carbons (Fsp3) is 0.429. The first-order chi connectivity index (χ1) is 8.88. The molecule has 5 heteroatoms. The van der Waals surface area contributed by atoms with Crippen LogP contribution in [-0.2, 0) is 0 Å². The number of aromatic nitrogens is 1. The summed E-state index contributed by atoms with van der Waals surface area (Å²) in [6, 6.07) is 3.21. The first kappa shape index (κ1) is 13.8. The topological polar surface area (TPSA) is 59.4 Å². The Morgan fingerprint density at radius 1 is 1.32 bits per heavy atom. The number of aromatic carboxylic acids is 1. The predicted octanol–water partition coefficient (Wildman–Crippen LogP) is 3.91. The lowest BCUT2D eigenvalue weighted by molar-refractivity contribution is 0.0696. The summed E-state index contributed by atoms with van der Waals surface area (Å²) >= 11 is 1.52. The molecule has 19 heavy (non-hydrogen) atoms. The van der Waals surface area contributed by atoms with Gasteiger partial charge in [-0.3, -0.25) is 0 Å². The summed E-state index contributed by atoms with van der Waals surface area (Å²) in [5.74, 6) is -0.0827. The summed E-state index contributed by atoms with van der Waals surface area (Å²) in [5.41, 5.74) is 0.995. The van der Waals surface area contributed by atoms with Crippen LogP contribution >= 0.6 is 11.3 Å². The van der Waals surface area contributed by atoms with Crippen LogP contribution in [0.3, 0.4) is 0 Å². The van der Waals surface area contributed by atoms with Crippen LogP contribution in [0.15, 0.2) is 12.1 Å². The molecule has 0 radical (unpaired) electrons. The maximum Gasteiger partial charge on any atom is 0.335 e. The highest BCUT2D eigenvalue weighted by Gasteiger charge is 2.16. The number of benzene rings is 1. The number of rotatable bonds is 4. The van der Waals surface area contributed by atoms with E-state index in [-0.39, 0.29) is 11.7 Å². The van der Waals surface area contributed by atoms with Crippen LogP contribution in [0.4, 0.5) is 0 Å². The van der Waals surface area contributed by atoms with E-state index >= 15 is 0 Å². The molecule has 0 aliphatic heterocycles. The fourth-order valence-electron chi connectivity index (χ4n) is 1.73. The van der Waals surface area contributed by atoms with E-state index in [1.165, 1.54) is 11.3 Å². The number of fused-ring (bicyclic) bond motifs is 1. The van der Waals surface area contributed by atoms with Gasteiger partial charge in [0.05, 0.1) is 21.4 Å². The van der Waals surface area contributed by atoms with Gasteiger partial charge in [0.25, 0.3) is 0 Å². The van der Waals surface area contributed by atoms with Crippen LogP contribution in [0, 0.1) is 0 Å². The minimum Gasteiger partial charge on any atom is -0.489 e. The normalized spacial score (nSPS) is 11.5. The lowest BCUT2D eigenvalue weighted by atomic mass is 10.2. The van der Waals surface area contributed by atoms with Crippen molar-refractivity contribution in [1.82, 2.24) is 4.98 Å². The summed E-state index contributed by atoms with van der Waals surface area (Å²) in [5, 5.41) is 10.1. The number of nitrogens with zero attached hydrogens (tertiary/aromatic N) is 1. The molecule has 0 amide bonds. The average molecular weight is 279 g/mol. The Morgan fingerprint density at radius 2 is 2.00 bits per heavy atom. The van der Waals surface area contributed by atoms with Crippen molar-refractivity contribution < 1.29 is 14.6 Å². The van der Waals surface area contributed by atoms with Gasteiger partial charge in [0, 0.05) is 5.92 Å². The highest BCUT2D eigenvalue weighted by atomic mass is 32.1. The molecule has 1 aromatic carbocycles. The van der Waals surface area contributed by atoms with E-state index in [0.29, 0.717) is 11.7 Å². The second kappa shape index (κ2) is 5.17. The third kappa shape index (κ3) is 2.87. The molecule has 1 aromatic heterocycles. The number of carboxylic acids is 1. The van der Waals surface area contributed by atoms with Crippen LogP contribution in [0.2, 0.25) is 0 Å². The molecule has 4 nitrogen and oxygen atoms in total. The van der Waals surface area contributed by atoms with Crippen molar-refractivity contribution in [1.29, 1.82) is 0 Å².